The van der Waals surface area contributed by atoms with E-state index < -0.39 is 10.0 Å². The van der Waals surface area contributed by atoms with Gasteiger partial charge in [0.15, 0.2) is 0 Å². The second kappa shape index (κ2) is 4.39. The van der Waals surface area contributed by atoms with Crippen molar-refractivity contribution in [1.29, 1.82) is 0 Å². The zero-order chi connectivity index (χ0) is 11.7. The van der Waals surface area contributed by atoms with Crippen LogP contribution in [0.25, 0.3) is 0 Å². The molecule has 0 aromatic rings. The normalized spacial score (nSPS) is 24.3. The predicted octanol–water partition coefficient (Wildman–Crippen LogP) is 0.819. The molecule has 0 aromatic heterocycles. The van der Waals surface area contributed by atoms with Gasteiger partial charge in [-0.3, -0.25) is 0 Å². The molecule has 1 rings (SSSR count). The molecule has 1 heterocycles. The zero-order valence-electron chi connectivity index (χ0n) is 9.73. The van der Waals surface area contributed by atoms with Crippen LogP contribution in [0.5, 0.6) is 0 Å². The Kier molecular flexibility index (Phi) is 3.79. The number of aliphatic hydroxyl groups excluding tert-OH is 1. The van der Waals surface area contributed by atoms with E-state index in [1.165, 1.54) is 0 Å². The monoisotopic (exact) mass is 235 g/mol. The maximum atomic E-state index is 11.8. The van der Waals surface area contributed by atoms with Crippen LogP contribution in [0, 0.1) is 5.41 Å². The third-order valence-electron chi connectivity index (χ3n) is 2.89. The van der Waals surface area contributed by atoms with E-state index in [1.807, 2.05) is 20.8 Å². The lowest BCUT2D eigenvalue weighted by atomic mass is 9.85. The van der Waals surface area contributed by atoms with Crippen molar-refractivity contribution < 1.29 is 13.5 Å². The van der Waals surface area contributed by atoms with E-state index in [1.54, 1.807) is 4.31 Å². The van der Waals surface area contributed by atoms with Gasteiger partial charge in [-0.2, -0.15) is 4.31 Å². The molecule has 5 heteroatoms. The average Bonchev–Trinajstić information content (AvgIpc) is 2.39. The van der Waals surface area contributed by atoms with E-state index in [0.717, 1.165) is 0 Å². The van der Waals surface area contributed by atoms with Crippen molar-refractivity contribution in [2.24, 2.45) is 5.41 Å². The molecule has 0 saturated carbocycles. The smallest absolute Gasteiger partial charge is 0.214 e. The first-order valence-corrected chi connectivity index (χ1v) is 7.00. The highest BCUT2D eigenvalue weighted by Gasteiger charge is 2.39. The average molecular weight is 235 g/mol. The van der Waals surface area contributed by atoms with Crippen LogP contribution in [-0.4, -0.2) is 42.8 Å². The highest BCUT2D eigenvalue weighted by molar-refractivity contribution is 7.89. The lowest BCUT2D eigenvalue weighted by Crippen LogP contribution is -2.45. The standard InChI is InChI=1S/C10H21NO3S/c1-10(2,3)9(5-7-12)11-6-4-8-15(11,13)14/h9,12H,4-8H2,1-3H3. The van der Waals surface area contributed by atoms with E-state index in [-0.39, 0.29) is 23.8 Å². The molecule has 15 heavy (non-hydrogen) atoms. The number of aliphatic hydroxyl groups is 1. The molecule has 0 radical (unpaired) electrons. The quantitative estimate of drug-likeness (QED) is 0.788. The molecule has 1 unspecified atom stereocenters. The van der Waals surface area contributed by atoms with Gasteiger partial charge < -0.3 is 5.11 Å². The summed E-state index contributed by atoms with van der Waals surface area (Å²) in [5, 5.41) is 9.01. The van der Waals surface area contributed by atoms with Gasteiger partial charge in [0, 0.05) is 19.2 Å². The van der Waals surface area contributed by atoms with Crippen molar-refractivity contribution in [1.82, 2.24) is 4.31 Å². The number of hydrogen-bond donors (Lipinski definition) is 1. The number of nitrogens with zero attached hydrogens (tertiary/aromatic N) is 1. The van der Waals surface area contributed by atoms with Crippen LogP contribution < -0.4 is 0 Å². The molecule has 1 fully saturated rings. The van der Waals surface area contributed by atoms with Gasteiger partial charge in [-0.15, -0.1) is 0 Å². The number of hydrogen-bond acceptors (Lipinski definition) is 3. The second-order valence-corrected chi connectivity index (χ2v) is 7.22. The molecular weight excluding hydrogens is 214 g/mol. The minimum absolute atomic E-state index is 0.0357. The fraction of sp³-hybridized carbons (Fsp3) is 1.00. The van der Waals surface area contributed by atoms with Gasteiger partial charge in [-0.05, 0) is 18.3 Å². The molecule has 1 saturated heterocycles. The van der Waals surface area contributed by atoms with E-state index >= 15 is 0 Å². The molecule has 0 aromatic carbocycles. The molecule has 4 nitrogen and oxygen atoms in total. The van der Waals surface area contributed by atoms with Crippen molar-refractivity contribution in [2.45, 2.75) is 39.7 Å². The van der Waals surface area contributed by atoms with E-state index in [9.17, 15) is 8.42 Å². The SMILES string of the molecule is CC(C)(C)C(CCO)N1CCCS1(=O)=O. The van der Waals surface area contributed by atoms with Crippen molar-refractivity contribution >= 4 is 10.0 Å². The third kappa shape index (κ3) is 2.92. The van der Waals surface area contributed by atoms with Crippen LogP contribution in [0.15, 0.2) is 0 Å². The highest BCUT2D eigenvalue weighted by Crippen LogP contribution is 2.31. The lowest BCUT2D eigenvalue weighted by Gasteiger charge is -2.36. The Bertz CT molecular complexity index is 305. The Morgan fingerprint density at radius 1 is 1.40 bits per heavy atom. The molecule has 1 aliphatic heterocycles. The third-order valence-corrected chi connectivity index (χ3v) is 4.84. The van der Waals surface area contributed by atoms with Crippen LogP contribution in [0.1, 0.15) is 33.6 Å². The molecule has 90 valence electrons. The number of sulfonamides is 1. The molecule has 1 N–H and O–H groups in total. The van der Waals surface area contributed by atoms with Crippen molar-refractivity contribution in [3.8, 4) is 0 Å². The predicted molar refractivity (Wildman–Crippen MR) is 60.1 cm³/mol. The fourth-order valence-corrected chi connectivity index (χ4v) is 4.09. The maximum absolute atomic E-state index is 11.8. The summed E-state index contributed by atoms with van der Waals surface area (Å²) in [5.74, 6) is 0.255. The van der Waals surface area contributed by atoms with Crippen LogP contribution in [0.2, 0.25) is 0 Å². The maximum Gasteiger partial charge on any atom is 0.214 e. The fourth-order valence-electron chi connectivity index (χ4n) is 2.14. The zero-order valence-corrected chi connectivity index (χ0v) is 10.5. The van der Waals surface area contributed by atoms with E-state index in [2.05, 4.69) is 0 Å². The minimum Gasteiger partial charge on any atom is -0.396 e. The van der Waals surface area contributed by atoms with E-state index in [0.29, 0.717) is 19.4 Å². The first-order chi connectivity index (χ1) is 6.79. The lowest BCUT2D eigenvalue weighted by molar-refractivity contribution is 0.142. The van der Waals surface area contributed by atoms with Crippen molar-refractivity contribution in [3.63, 3.8) is 0 Å². The Hall–Kier alpha value is -0.130. The second-order valence-electron chi connectivity index (χ2n) is 5.17. The van der Waals surface area contributed by atoms with Gasteiger partial charge in [0.05, 0.1) is 5.75 Å². The van der Waals surface area contributed by atoms with Gasteiger partial charge in [0.25, 0.3) is 0 Å². The molecule has 0 bridgehead atoms. The summed E-state index contributed by atoms with van der Waals surface area (Å²) in [6.45, 7) is 6.68. The van der Waals surface area contributed by atoms with Crippen LogP contribution in [0.3, 0.4) is 0 Å². The first-order valence-electron chi connectivity index (χ1n) is 5.39. The molecular formula is C10H21NO3S. The van der Waals surface area contributed by atoms with Gasteiger partial charge >= 0.3 is 0 Å². The summed E-state index contributed by atoms with van der Waals surface area (Å²) < 4.78 is 25.1. The van der Waals surface area contributed by atoms with Gasteiger partial charge in [-0.1, -0.05) is 20.8 Å². The molecule has 0 aliphatic carbocycles. The Labute approximate surface area is 92.3 Å². The summed E-state index contributed by atoms with van der Waals surface area (Å²) in [7, 11) is -3.07. The molecule has 1 aliphatic rings. The topological polar surface area (TPSA) is 57.6 Å². The summed E-state index contributed by atoms with van der Waals surface area (Å²) in [6.07, 6.45) is 1.23. The van der Waals surface area contributed by atoms with Crippen molar-refractivity contribution in [2.75, 3.05) is 18.9 Å². The Morgan fingerprint density at radius 2 is 2.00 bits per heavy atom. The van der Waals surface area contributed by atoms with Crippen molar-refractivity contribution in [3.05, 3.63) is 0 Å². The largest absolute Gasteiger partial charge is 0.396 e. The van der Waals surface area contributed by atoms with Gasteiger partial charge in [0.1, 0.15) is 0 Å². The Balaban J connectivity index is 2.90. The molecule has 0 spiro atoms. The van der Waals surface area contributed by atoms with Crippen LogP contribution in [-0.2, 0) is 10.0 Å². The summed E-state index contributed by atoms with van der Waals surface area (Å²) in [6, 6.07) is -0.0880. The Morgan fingerprint density at radius 3 is 2.33 bits per heavy atom. The molecule has 1 atom stereocenters. The molecule has 0 amide bonds. The van der Waals surface area contributed by atoms with Gasteiger partial charge in [0.2, 0.25) is 10.0 Å². The van der Waals surface area contributed by atoms with Gasteiger partial charge in [-0.25, -0.2) is 8.42 Å². The summed E-state index contributed by atoms with van der Waals surface area (Å²) >= 11 is 0. The minimum atomic E-state index is -3.07. The summed E-state index contributed by atoms with van der Waals surface area (Å²) in [5.41, 5.74) is -0.125. The first kappa shape index (κ1) is 12.9. The van der Waals surface area contributed by atoms with Crippen LogP contribution in [0.4, 0.5) is 0 Å². The summed E-state index contributed by atoms with van der Waals surface area (Å²) in [4.78, 5) is 0. The van der Waals surface area contributed by atoms with Crippen LogP contribution >= 0.6 is 0 Å². The highest BCUT2D eigenvalue weighted by atomic mass is 32.2. The van der Waals surface area contributed by atoms with E-state index in [4.69, 9.17) is 5.11 Å². The number of rotatable bonds is 3.